The number of hydrogen-bond donors (Lipinski definition) is 2. The van der Waals surface area contributed by atoms with Crippen LogP contribution in [0.5, 0.6) is 0 Å². The lowest BCUT2D eigenvalue weighted by molar-refractivity contribution is -0.137. The van der Waals surface area contributed by atoms with Crippen LogP contribution in [0.4, 0.5) is 0 Å². The van der Waals surface area contributed by atoms with E-state index < -0.39 is 16.0 Å². The summed E-state index contributed by atoms with van der Waals surface area (Å²) in [5.41, 5.74) is 0. The largest absolute Gasteiger partial charge is 0.481 e. The zero-order valence-corrected chi connectivity index (χ0v) is 13.6. The van der Waals surface area contributed by atoms with E-state index in [2.05, 4.69) is 20.7 Å². The molecule has 1 atom stereocenters. The van der Waals surface area contributed by atoms with Crippen molar-refractivity contribution in [2.24, 2.45) is 5.92 Å². The van der Waals surface area contributed by atoms with Gasteiger partial charge in [0.05, 0.1) is 4.90 Å². The number of carbonyl (C=O) groups is 1. The standard InChI is InChI=1S/C13H18BrNO4S/c1-10(6-7-13(16)17)8-9-15-20(18,19)12-5-3-2-4-11(12)14/h2-5,10,15H,6-9H2,1H3,(H,16,17). The van der Waals surface area contributed by atoms with E-state index in [1.165, 1.54) is 6.07 Å². The zero-order valence-electron chi connectivity index (χ0n) is 11.2. The number of rotatable bonds is 8. The van der Waals surface area contributed by atoms with Gasteiger partial charge in [0.1, 0.15) is 0 Å². The first-order valence-corrected chi connectivity index (χ1v) is 8.56. The summed E-state index contributed by atoms with van der Waals surface area (Å²) in [6, 6.07) is 6.61. The number of sulfonamides is 1. The van der Waals surface area contributed by atoms with Gasteiger partial charge < -0.3 is 5.11 Å². The van der Waals surface area contributed by atoms with Crippen molar-refractivity contribution >= 4 is 31.9 Å². The van der Waals surface area contributed by atoms with Gasteiger partial charge in [-0.15, -0.1) is 0 Å². The molecule has 20 heavy (non-hydrogen) atoms. The fourth-order valence-corrected chi connectivity index (χ4v) is 3.74. The molecule has 0 amide bonds. The maximum atomic E-state index is 12.1. The molecule has 0 fully saturated rings. The highest BCUT2D eigenvalue weighted by Gasteiger charge is 2.16. The van der Waals surface area contributed by atoms with E-state index in [1.54, 1.807) is 18.2 Å². The highest BCUT2D eigenvalue weighted by atomic mass is 79.9. The van der Waals surface area contributed by atoms with Crippen LogP contribution in [0.15, 0.2) is 33.6 Å². The minimum absolute atomic E-state index is 0.109. The molecule has 0 bridgehead atoms. The molecule has 0 spiro atoms. The summed E-state index contributed by atoms with van der Waals surface area (Å²) in [6.07, 6.45) is 1.27. The molecule has 0 heterocycles. The lowest BCUT2D eigenvalue weighted by atomic mass is 10.0. The normalized spacial score (nSPS) is 13.1. The zero-order chi connectivity index (χ0) is 15.2. The monoisotopic (exact) mass is 363 g/mol. The van der Waals surface area contributed by atoms with Gasteiger partial charge in [0.15, 0.2) is 0 Å². The number of halogens is 1. The number of nitrogens with one attached hydrogen (secondary N) is 1. The van der Waals surface area contributed by atoms with Gasteiger partial charge >= 0.3 is 5.97 Å². The van der Waals surface area contributed by atoms with Gasteiger partial charge in [-0.05, 0) is 46.8 Å². The molecule has 0 saturated heterocycles. The molecule has 0 saturated carbocycles. The summed E-state index contributed by atoms with van der Waals surface area (Å²) in [4.78, 5) is 10.6. The lowest BCUT2D eigenvalue weighted by Crippen LogP contribution is -2.26. The maximum Gasteiger partial charge on any atom is 0.303 e. The van der Waals surface area contributed by atoms with Crippen LogP contribution in [0.3, 0.4) is 0 Å². The van der Waals surface area contributed by atoms with Crippen molar-refractivity contribution in [2.75, 3.05) is 6.54 Å². The maximum absolute atomic E-state index is 12.1. The topological polar surface area (TPSA) is 83.5 Å². The average molecular weight is 364 g/mol. The smallest absolute Gasteiger partial charge is 0.303 e. The number of carboxylic acid groups (broad SMARTS) is 1. The molecule has 1 rings (SSSR count). The molecule has 7 heteroatoms. The lowest BCUT2D eigenvalue weighted by Gasteiger charge is -2.12. The molecule has 0 aliphatic rings. The van der Waals surface area contributed by atoms with E-state index >= 15 is 0 Å². The highest BCUT2D eigenvalue weighted by Crippen LogP contribution is 2.21. The Balaban J connectivity index is 2.49. The van der Waals surface area contributed by atoms with Gasteiger partial charge in [-0.3, -0.25) is 4.79 Å². The molecule has 0 aliphatic carbocycles. The van der Waals surface area contributed by atoms with Crippen LogP contribution >= 0.6 is 15.9 Å². The fourth-order valence-electron chi connectivity index (χ4n) is 1.69. The van der Waals surface area contributed by atoms with Gasteiger partial charge in [-0.1, -0.05) is 19.1 Å². The third kappa shape index (κ3) is 5.60. The molecule has 1 aromatic carbocycles. The molecule has 0 aromatic heterocycles. The highest BCUT2D eigenvalue weighted by molar-refractivity contribution is 9.10. The first-order chi connectivity index (χ1) is 9.33. The summed E-state index contributed by atoms with van der Waals surface area (Å²) in [7, 11) is -3.53. The second-order valence-electron chi connectivity index (χ2n) is 4.65. The Kier molecular flexibility index (Phi) is 6.64. The molecule has 5 nitrogen and oxygen atoms in total. The van der Waals surface area contributed by atoms with E-state index in [0.717, 1.165) is 0 Å². The molecule has 112 valence electrons. The molecule has 0 aliphatic heterocycles. The third-order valence-electron chi connectivity index (χ3n) is 2.91. The molecule has 2 N–H and O–H groups in total. The summed E-state index contributed by atoms with van der Waals surface area (Å²) in [5, 5.41) is 8.58. The molecular weight excluding hydrogens is 346 g/mol. The van der Waals surface area contributed by atoms with Crippen LogP contribution in [0.2, 0.25) is 0 Å². The summed E-state index contributed by atoms with van der Waals surface area (Å²) < 4.78 is 27.2. The number of aliphatic carboxylic acids is 1. The first kappa shape index (κ1) is 17.1. The van der Waals surface area contributed by atoms with Gasteiger partial charge in [-0.25, -0.2) is 13.1 Å². The van der Waals surface area contributed by atoms with Crippen molar-refractivity contribution in [1.29, 1.82) is 0 Å². The van der Waals surface area contributed by atoms with Gasteiger partial charge in [-0.2, -0.15) is 0 Å². The second kappa shape index (κ2) is 7.75. The third-order valence-corrected chi connectivity index (χ3v) is 5.38. The molecular formula is C13H18BrNO4S. The predicted octanol–water partition coefficient (Wildman–Crippen LogP) is 2.62. The Morgan fingerprint density at radius 1 is 1.35 bits per heavy atom. The van der Waals surface area contributed by atoms with Crippen LogP contribution in [-0.4, -0.2) is 26.0 Å². The Hall–Kier alpha value is -0.920. The molecule has 0 radical (unpaired) electrons. The number of benzene rings is 1. The van der Waals surface area contributed by atoms with Gasteiger partial charge in [0.2, 0.25) is 10.0 Å². The minimum Gasteiger partial charge on any atom is -0.481 e. The van der Waals surface area contributed by atoms with Crippen molar-refractivity contribution in [3.8, 4) is 0 Å². The van der Waals surface area contributed by atoms with Crippen LogP contribution in [0.25, 0.3) is 0 Å². The van der Waals surface area contributed by atoms with E-state index in [0.29, 0.717) is 23.9 Å². The average Bonchev–Trinajstić information content (AvgIpc) is 2.36. The Morgan fingerprint density at radius 3 is 2.60 bits per heavy atom. The van der Waals surface area contributed by atoms with Crippen LogP contribution in [0.1, 0.15) is 26.2 Å². The van der Waals surface area contributed by atoms with E-state index in [1.807, 2.05) is 6.92 Å². The number of hydrogen-bond acceptors (Lipinski definition) is 3. The Labute approximate surface area is 127 Å². The van der Waals surface area contributed by atoms with Gasteiger partial charge in [0.25, 0.3) is 0 Å². The van der Waals surface area contributed by atoms with Crippen LogP contribution < -0.4 is 4.72 Å². The van der Waals surface area contributed by atoms with Crippen molar-refractivity contribution in [3.05, 3.63) is 28.7 Å². The van der Waals surface area contributed by atoms with Crippen molar-refractivity contribution in [1.82, 2.24) is 4.72 Å². The van der Waals surface area contributed by atoms with Crippen molar-refractivity contribution in [3.63, 3.8) is 0 Å². The molecule has 1 unspecified atom stereocenters. The van der Waals surface area contributed by atoms with Gasteiger partial charge in [0, 0.05) is 17.4 Å². The van der Waals surface area contributed by atoms with Crippen LogP contribution in [-0.2, 0) is 14.8 Å². The minimum atomic E-state index is -3.53. The summed E-state index contributed by atoms with van der Waals surface area (Å²) in [6.45, 7) is 2.21. The summed E-state index contributed by atoms with van der Waals surface area (Å²) in [5.74, 6) is -0.668. The van der Waals surface area contributed by atoms with E-state index in [-0.39, 0.29) is 17.2 Å². The Morgan fingerprint density at radius 2 is 2.00 bits per heavy atom. The number of carboxylic acids is 1. The Bertz CT molecular complexity index is 559. The molecule has 1 aromatic rings. The predicted molar refractivity (Wildman–Crippen MR) is 80.0 cm³/mol. The SMILES string of the molecule is CC(CCNS(=O)(=O)c1ccccc1Br)CCC(=O)O. The fraction of sp³-hybridized carbons (Fsp3) is 0.462. The van der Waals surface area contributed by atoms with E-state index in [9.17, 15) is 13.2 Å². The quantitative estimate of drug-likeness (QED) is 0.743. The first-order valence-electron chi connectivity index (χ1n) is 6.29. The van der Waals surface area contributed by atoms with Crippen molar-refractivity contribution < 1.29 is 18.3 Å². The van der Waals surface area contributed by atoms with Crippen molar-refractivity contribution in [2.45, 2.75) is 31.1 Å². The summed E-state index contributed by atoms with van der Waals surface area (Å²) >= 11 is 3.21. The second-order valence-corrected chi connectivity index (χ2v) is 7.24. The van der Waals surface area contributed by atoms with Crippen LogP contribution in [0, 0.1) is 5.92 Å². The van der Waals surface area contributed by atoms with E-state index in [4.69, 9.17) is 5.11 Å².